The van der Waals surface area contributed by atoms with Gasteiger partial charge in [-0.1, -0.05) is 18.2 Å². The van der Waals surface area contributed by atoms with E-state index < -0.39 is 28.4 Å². The predicted octanol–water partition coefficient (Wildman–Crippen LogP) is 4.45. The highest BCUT2D eigenvalue weighted by molar-refractivity contribution is 6.31. The van der Waals surface area contributed by atoms with Gasteiger partial charge in [0.25, 0.3) is 11.1 Å². The second-order valence-corrected chi connectivity index (χ2v) is 9.40. The van der Waals surface area contributed by atoms with Crippen LogP contribution in [-0.4, -0.2) is 32.1 Å². The fraction of sp³-hybridized carbons (Fsp3) is 0.259. The number of aliphatic hydroxyl groups is 1. The SMILES string of the molecule is C=C(C)/C(=C\C(=NC)n1cccc(C(C)(C)O)c1=O)n1c(C)cc(OCc2ncc(F)cc2F)c(Cl)c1=O. The lowest BCUT2D eigenvalue weighted by atomic mass is 10.0. The zero-order chi connectivity index (χ0) is 28.4. The van der Waals surface area contributed by atoms with E-state index in [9.17, 15) is 23.5 Å². The zero-order valence-electron chi connectivity index (χ0n) is 21.6. The van der Waals surface area contributed by atoms with Gasteiger partial charge < -0.3 is 9.84 Å². The van der Waals surface area contributed by atoms with Crippen LogP contribution in [-0.2, 0) is 12.2 Å². The lowest BCUT2D eigenvalue weighted by Crippen LogP contribution is -2.34. The molecule has 11 heteroatoms. The van der Waals surface area contributed by atoms with Crippen molar-refractivity contribution in [2.75, 3.05) is 7.05 Å². The summed E-state index contributed by atoms with van der Waals surface area (Å²) in [5.41, 5.74) is -1.36. The summed E-state index contributed by atoms with van der Waals surface area (Å²) < 4.78 is 35.1. The first-order valence-electron chi connectivity index (χ1n) is 11.4. The number of aryl methyl sites for hydroxylation is 1. The minimum atomic E-state index is -1.39. The van der Waals surface area contributed by atoms with Crippen molar-refractivity contribution in [3.8, 4) is 5.75 Å². The summed E-state index contributed by atoms with van der Waals surface area (Å²) >= 11 is 6.33. The van der Waals surface area contributed by atoms with Gasteiger partial charge in [-0.3, -0.25) is 28.7 Å². The van der Waals surface area contributed by atoms with Crippen molar-refractivity contribution in [1.82, 2.24) is 14.1 Å². The molecule has 0 radical (unpaired) electrons. The average molecular weight is 545 g/mol. The quantitative estimate of drug-likeness (QED) is 0.269. The van der Waals surface area contributed by atoms with E-state index in [1.807, 2.05) is 0 Å². The van der Waals surface area contributed by atoms with Crippen LogP contribution in [0.25, 0.3) is 5.70 Å². The Kier molecular flexibility index (Phi) is 8.48. The number of halogens is 3. The topological polar surface area (TPSA) is 98.7 Å². The maximum Gasteiger partial charge on any atom is 0.277 e. The highest BCUT2D eigenvalue weighted by atomic mass is 35.5. The van der Waals surface area contributed by atoms with Gasteiger partial charge in [-0.15, -0.1) is 0 Å². The second-order valence-electron chi connectivity index (χ2n) is 9.02. The van der Waals surface area contributed by atoms with Crippen molar-refractivity contribution in [2.45, 2.75) is 39.9 Å². The van der Waals surface area contributed by atoms with Crippen LogP contribution in [0.2, 0.25) is 5.02 Å². The van der Waals surface area contributed by atoms with Crippen LogP contribution in [0, 0.1) is 18.6 Å². The molecule has 0 spiro atoms. The van der Waals surface area contributed by atoms with E-state index in [1.54, 1.807) is 19.9 Å². The van der Waals surface area contributed by atoms with E-state index in [1.165, 1.54) is 54.4 Å². The number of aliphatic imine (C=N–C) groups is 1. The Morgan fingerprint density at radius 2 is 1.97 bits per heavy atom. The maximum atomic E-state index is 13.9. The molecule has 0 fully saturated rings. The number of hydrogen-bond acceptors (Lipinski definition) is 6. The first-order chi connectivity index (χ1) is 17.8. The van der Waals surface area contributed by atoms with Crippen molar-refractivity contribution >= 4 is 23.1 Å². The van der Waals surface area contributed by atoms with Crippen molar-refractivity contribution in [1.29, 1.82) is 0 Å². The molecule has 3 aromatic rings. The molecule has 0 unspecified atom stereocenters. The van der Waals surface area contributed by atoms with Gasteiger partial charge in [-0.2, -0.15) is 0 Å². The Balaban J connectivity index is 2.08. The van der Waals surface area contributed by atoms with Crippen LogP contribution >= 0.6 is 11.6 Å². The number of rotatable bonds is 7. The van der Waals surface area contributed by atoms with Crippen LogP contribution in [0.5, 0.6) is 5.75 Å². The van der Waals surface area contributed by atoms with Crippen molar-refractivity contribution in [3.63, 3.8) is 0 Å². The Morgan fingerprint density at radius 1 is 1.29 bits per heavy atom. The molecule has 0 amide bonds. The van der Waals surface area contributed by atoms with Crippen LogP contribution in [0.15, 0.2) is 69.5 Å². The number of allylic oxidation sites excluding steroid dienone is 3. The molecule has 3 heterocycles. The summed E-state index contributed by atoms with van der Waals surface area (Å²) in [6, 6.07) is 5.28. The molecule has 0 atom stereocenters. The van der Waals surface area contributed by atoms with E-state index in [2.05, 4.69) is 16.6 Å². The van der Waals surface area contributed by atoms with Gasteiger partial charge >= 0.3 is 0 Å². The van der Waals surface area contributed by atoms with Gasteiger partial charge in [0.1, 0.15) is 34.7 Å². The summed E-state index contributed by atoms with van der Waals surface area (Å²) in [7, 11) is 1.48. The highest BCUT2D eigenvalue weighted by Crippen LogP contribution is 2.26. The first-order valence-corrected chi connectivity index (χ1v) is 11.8. The maximum absolute atomic E-state index is 13.9. The first kappa shape index (κ1) is 28.7. The molecule has 0 saturated heterocycles. The predicted molar refractivity (Wildman–Crippen MR) is 143 cm³/mol. The van der Waals surface area contributed by atoms with Gasteiger partial charge in [0, 0.05) is 42.7 Å². The Hall–Kier alpha value is -3.89. The summed E-state index contributed by atoms with van der Waals surface area (Å²) in [5, 5.41) is 10.1. The Morgan fingerprint density at radius 3 is 2.55 bits per heavy atom. The molecule has 38 heavy (non-hydrogen) atoms. The molecule has 200 valence electrons. The van der Waals surface area contributed by atoms with E-state index in [0.29, 0.717) is 23.0 Å². The van der Waals surface area contributed by atoms with Gasteiger partial charge in [-0.05, 0) is 45.4 Å². The number of ether oxygens (including phenoxy) is 1. The van der Waals surface area contributed by atoms with Crippen LogP contribution < -0.4 is 15.9 Å². The van der Waals surface area contributed by atoms with Crippen molar-refractivity contribution < 1.29 is 18.6 Å². The molecule has 8 nitrogen and oxygen atoms in total. The highest BCUT2D eigenvalue weighted by Gasteiger charge is 2.22. The third-order valence-corrected chi connectivity index (χ3v) is 5.92. The summed E-state index contributed by atoms with van der Waals surface area (Å²) in [6.45, 7) is 9.87. The molecule has 0 aliphatic rings. The van der Waals surface area contributed by atoms with Gasteiger partial charge in [0.15, 0.2) is 5.82 Å². The number of nitrogens with zero attached hydrogens (tertiary/aromatic N) is 4. The van der Waals surface area contributed by atoms with Crippen molar-refractivity contribution in [2.24, 2.45) is 4.99 Å². The monoisotopic (exact) mass is 544 g/mol. The number of aromatic nitrogens is 3. The minimum absolute atomic E-state index is 0.0181. The third-order valence-electron chi connectivity index (χ3n) is 5.57. The molecule has 0 aliphatic carbocycles. The normalized spacial score (nSPS) is 12.6. The van der Waals surface area contributed by atoms with E-state index in [0.717, 1.165) is 6.20 Å². The summed E-state index contributed by atoms with van der Waals surface area (Å²) in [6.07, 6.45) is 3.85. The van der Waals surface area contributed by atoms with Gasteiger partial charge in [0.05, 0.1) is 17.5 Å². The Bertz CT molecular complexity index is 1580. The minimum Gasteiger partial charge on any atom is -0.485 e. The zero-order valence-corrected chi connectivity index (χ0v) is 22.3. The fourth-order valence-corrected chi connectivity index (χ4v) is 3.86. The summed E-state index contributed by atoms with van der Waals surface area (Å²) in [4.78, 5) is 34.3. The van der Waals surface area contributed by atoms with Crippen LogP contribution in [0.3, 0.4) is 0 Å². The molecule has 0 aromatic carbocycles. The lowest BCUT2D eigenvalue weighted by Gasteiger charge is -2.19. The molecule has 0 aliphatic heterocycles. The number of hydrogen-bond donors (Lipinski definition) is 1. The molecule has 0 bridgehead atoms. The average Bonchev–Trinajstić information content (AvgIpc) is 2.83. The largest absolute Gasteiger partial charge is 0.485 e. The molecular weight excluding hydrogens is 518 g/mol. The molecule has 3 rings (SSSR count). The van der Waals surface area contributed by atoms with Gasteiger partial charge in [0.2, 0.25) is 0 Å². The van der Waals surface area contributed by atoms with Gasteiger partial charge in [-0.25, -0.2) is 8.78 Å². The van der Waals surface area contributed by atoms with Crippen LogP contribution in [0.4, 0.5) is 8.78 Å². The second kappa shape index (κ2) is 11.2. The van der Waals surface area contributed by atoms with E-state index >= 15 is 0 Å². The standard InChI is InChI=1S/C27H27ClF2N4O4/c1-15(2)21(12-23(31-6)33-9-7-8-18(25(33)35)27(4,5)37)34-16(3)10-22(24(28)26(34)36)38-14-20-19(30)11-17(29)13-32-20/h7-13,37H,1,14H2,2-6H3/b21-12+,31-23?. The smallest absolute Gasteiger partial charge is 0.277 e. The fourth-order valence-electron chi connectivity index (χ4n) is 3.66. The number of pyridine rings is 3. The molecule has 0 saturated carbocycles. The van der Waals surface area contributed by atoms with E-state index in [4.69, 9.17) is 16.3 Å². The molecular formula is C27H27ClF2N4O4. The Labute approximate surface area is 222 Å². The summed E-state index contributed by atoms with van der Waals surface area (Å²) in [5.74, 6) is -1.56. The molecule has 1 N–H and O–H groups in total. The molecule has 3 aromatic heterocycles. The lowest BCUT2D eigenvalue weighted by molar-refractivity contribution is 0.0768. The van der Waals surface area contributed by atoms with E-state index in [-0.39, 0.29) is 34.5 Å². The van der Waals surface area contributed by atoms with Crippen LogP contribution in [0.1, 0.15) is 37.7 Å². The van der Waals surface area contributed by atoms with Crippen molar-refractivity contribution in [3.05, 3.63) is 109 Å². The third kappa shape index (κ3) is 5.98.